The molecule has 0 atom stereocenters. The summed E-state index contributed by atoms with van der Waals surface area (Å²) in [6.45, 7) is 0. The van der Waals surface area contributed by atoms with E-state index >= 15 is 0 Å². The van der Waals surface area contributed by atoms with E-state index in [4.69, 9.17) is 27.9 Å². The lowest BCUT2D eigenvalue weighted by Crippen LogP contribution is -2.32. The zero-order chi connectivity index (χ0) is 23.6. The topological polar surface area (TPSA) is 96.9 Å². The molecule has 3 aromatic carbocycles. The molecule has 3 aromatic rings. The molecular weight excluding hydrogens is 465 g/mol. The number of hydrazone groups is 1. The number of ether oxygens (including phenoxy) is 1. The van der Waals surface area contributed by atoms with Crippen LogP contribution in [0.25, 0.3) is 6.08 Å². The van der Waals surface area contributed by atoms with E-state index in [9.17, 15) is 14.4 Å². The number of rotatable bonds is 6. The Bertz CT molecular complexity index is 1210. The lowest BCUT2D eigenvalue weighted by Gasteiger charge is -2.05. The number of carbonyl (C=O) groups excluding carboxylic acids is 3. The minimum atomic E-state index is -0.965. The van der Waals surface area contributed by atoms with Crippen LogP contribution < -0.4 is 15.5 Å². The van der Waals surface area contributed by atoms with Gasteiger partial charge in [-0.25, -0.2) is 10.2 Å². The van der Waals surface area contributed by atoms with Crippen LogP contribution in [0.4, 0.5) is 5.69 Å². The third-order valence-electron chi connectivity index (χ3n) is 4.07. The maximum absolute atomic E-state index is 11.9. The summed E-state index contributed by atoms with van der Waals surface area (Å²) in [6, 6.07) is 20.2. The molecule has 2 amide bonds. The van der Waals surface area contributed by atoms with Gasteiger partial charge in [0, 0.05) is 11.8 Å². The van der Waals surface area contributed by atoms with Gasteiger partial charge < -0.3 is 10.1 Å². The summed E-state index contributed by atoms with van der Waals surface area (Å²) in [5.41, 5.74) is 3.93. The Labute approximate surface area is 199 Å². The van der Waals surface area contributed by atoms with Crippen LogP contribution in [0.3, 0.4) is 0 Å². The van der Waals surface area contributed by atoms with Crippen LogP contribution in [0.5, 0.6) is 5.75 Å². The highest BCUT2D eigenvalue weighted by Gasteiger charge is 2.13. The largest absolute Gasteiger partial charge is 0.423 e. The molecular formula is C24H17Cl2N3O4. The molecule has 7 nitrogen and oxygen atoms in total. The van der Waals surface area contributed by atoms with Gasteiger partial charge in [-0.2, -0.15) is 5.10 Å². The van der Waals surface area contributed by atoms with Gasteiger partial charge in [0.1, 0.15) is 5.75 Å². The molecule has 0 aliphatic heterocycles. The van der Waals surface area contributed by atoms with E-state index in [-0.39, 0.29) is 5.02 Å². The van der Waals surface area contributed by atoms with Crippen LogP contribution in [0.15, 0.2) is 84.0 Å². The summed E-state index contributed by atoms with van der Waals surface area (Å²) in [6.07, 6.45) is 4.33. The second kappa shape index (κ2) is 11.6. The SMILES string of the molecule is O=C(/C=C/c1ccccc1)Oc1ccc(/C=N\NC(=O)C(=O)Nc2ccc(Cl)c(Cl)c2)cc1. The van der Waals surface area contributed by atoms with E-state index in [0.717, 1.165) is 5.56 Å². The summed E-state index contributed by atoms with van der Waals surface area (Å²) in [5.74, 6) is -2.05. The number of halogens is 2. The molecule has 0 fully saturated rings. The van der Waals surface area contributed by atoms with Crippen molar-refractivity contribution < 1.29 is 19.1 Å². The van der Waals surface area contributed by atoms with Crippen molar-refractivity contribution in [3.8, 4) is 5.75 Å². The summed E-state index contributed by atoms with van der Waals surface area (Å²) in [7, 11) is 0. The van der Waals surface area contributed by atoms with Crippen LogP contribution in [-0.4, -0.2) is 24.0 Å². The first-order valence-electron chi connectivity index (χ1n) is 9.55. The Morgan fingerprint density at radius 2 is 1.55 bits per heavy atom. The zero-order valence-corrected chi connectivity index (χ0v) is 18.5. The van der Waals surface area contributed by atoms with Gasteiger partial charge in [-0.05, 0) is 59.7 Å². The summed E-state index contributed by atoms with van der Waals surface area (Å²) < 4.78 is 5.23. The van der Waals surface area contributed by atoms with E-state index in [1.165, 1.54) is 30.5 Å². The number of hydrogen-bond acceptors (Lipinski definition) is 5. The fourth-order valence-corrected chi connectivity index (χ4v) is 2.78. The van der Waals surface area contributed by atoms with E-state index in [1.807, 2.05) is 30.3 Å². The number of esters is 1. The Morgan fingerprint density at radius 3 is 2.24 bits per heavy atom. The monoisotopic (exact) mass is 481 g/mol. The van der Waals surface area contributed by atoms with Crippen LogP contribution in [0, 0.1) is 0 Å². The maximum atomic E-state index is 11.9. The van der Waals surface area contributed by atoms with Crippen LogP contribution in [-0.2, 0) is 14.4 Å². The number of nitrogens with zero attached hydrogens (tertiary/aromatic N) is 1. The first kappa shape index (κ1) is 23.7. The number of carbonyl (C=O) groups is 3. The smallest absolute Gasteiger partial charge is 0.336 e. The van der Waals surface area contributed by atoms with Crippen molar-refractivity contribution in [1.82, 2.24) is 5.43 Å². The second-order valence-electron chi connectivity index (χ2n) is 6.52. The third kappa shape index (κ3) is 7.60. The van der Waals surface area contributed by atoms with Gasteiger partial charge in [0.2, 0.25) is 0 Å². The standard InChI is InChI=1S/C24H17Cl2N3O4/c25-20-12-9-18(14-21(20)26)28-23(31)24(32)29-27-15-17-6-10-19(11-7-17)33-22(30)13-8-16-4-2-1-3-5-16/h1-15H,(H,28,31)(H,29,32)/b13-8+,27-15-. The maximum Gasteiger partial charge on any atom is 0.336 e. The average molecular weight is 482 g/mol. The van der Waals surface area contributed by atoms with Crippen LogP contribution in [0.2, 0.25) is 10.0 Å². The number of hydrogen-bond donors (Lipinski definition) is 2. The quantitative estimate of drug-likeness (QED) is 0.133. The minimum absolute atomic E-state index is 0.245. The zero-order valence-electron chi connectivity index (χ0n) is 17.0. The number of nitrogens with one attached hydrogen (secondary N) is 2. The Hall–Kier alpha value is -3.94. The predicted octanol–water partition coefficient (Wildman–Crippen LogP) is 4.70. The average Bonchev–Trinajstić information content (AvgIpc) is 2.82. The molecule has 9 heteroatoms. The van der Waals surface area contributed by atoms with Crippen molar-refractivity contribution in [1.29, 1.82) is 0 Å². The molecule has 166 valence electrons. The summed E-state index contributed by atoms with van der Waals surface area (Å²) in [5, 5.41) is 6.69. The first-order valence-corrected chi connectivity index (χ1v) is 10.3. The van der Waals surface area contributed by atoms with Crippen molar-refractivity contribution in [3.05, 3.63) is 100 Å². The molecule has 0 heterocycles. The fraction of sp³-hybridized carbons (Fsp3) is 0. The highest BCUT2D eigenvalue weighted by molar-refractivity contribution is 6.43. The molecule has 3 rings (SSSR count). The van der Waals surface area contributed by atoms with Crippen molar-refractivity contribution in [2.24, 2.45) is 5.10 Å². The van der Waals surface area contributed by atoms with Gasteiger partial charge in [-0.1, -0.05) is 53.5 Å². The molecule has 0 aliphatic rings. The second-order valence-corrected chi connectivity index (χ2v) is 7.33. The molecule has 0 spiro atoms. The number of amides is 2. The Balaban J connectivity index is 1.47. The molecule has 0 radical (unpaired) electrons. The number of anilines is 1. The molecule has 0 aliphatic carbocycles. The molecule has 0 unspecified atom stereocenters. The first-order chi connectivity index (χ1) is 15.9. The van der Waals surface area contributed by atoms with Gasteiger partial charge in [-0.15, -0.1) is 0 Å². The van der Waals surface area contributed by atoms with Crippen molar-refractivity contribution in [2.75, 3.05) is 5.32 Å². The highest BCUT2D eigenvalue weighted by atomic mass is 35.5. The van der Waals surface area contributed by atoms with Crippen LogP contribution >= 0.6 is 23.2 Å². The molecule has 0 saturated carbocycles. The van der Waals surface area contributed by atoms with E-state index < -0.39 is 17.8 Å². The Morgan fingerprint density at radius 1 is 0.818 bits per heavy atom. The molecule has 33 heavy (non-hydrogen) atoms. The highest BCUT2D eigenvalue weighted by Crippen LogP contribution is 2.24. The molecule has 0 saturated heterocycles. The normalized spacial score (nSPS) is 10.8. The molecule has 2 N–H and O–H groups in total. The van der Waals surface area contributed by atoms with Crippen molar-refractivity contribution >= 4 is 59.0 Å². The van der Waals surface area contributed by atoms with Crippen LogP contribution in [0.1, 0.15) is 11.1 Å². The predicted molar refractivity (Wildman–Crippen MR) is 128 cm³/mol. The molecule has 0 bridgehead atoms. The fourth-order valence-electron chi connectivity index (χ4n) is 2.48. The lowest BCUT2D eigenvalue weighted by atomic mass is 10.2. The Kier molecular flexibility index (Phi) is 8.35. The van der Waals surface area contributed by atoms with E-state index in [2.05, 4.69) is 15.8 Å². The summed E-state index contributed by atoms with van der Waals surface area (Å²) >= 11 is 11.7. The summed E-state index contributed by atoms with van der Waals surface area (Å²) in [4.78, 5) is 35.7. The van der Waals surface area contributed by atoms with Crippen molar-refractivity contribution in [3.63, 3.8) is 0 Å². The van der Waals surface area contributed by atoms with Gasteiger partial charge in [0.15, 0.2) is 0 Å². The third-order valence-corrected chi connectivity index (χ3v) is 4.81. The number of benzene rings is 3. The lowest BCUT2D eigenvalue weighted by molar-refractivity contribution is -0.136. The van der Waals surface area contributed by atoms with E-state index in [0.29, 0.717) is 22.0 Å². The van der Waals surface area contributed by atoms with Gasteiger partial charge >= 0.3 is 17.8 Å². The minimum Gasteiger partial charge on any atom is -0.423 e. The van der Waals surface area contributed by atoms with Gasteiger partial charge in [0.25, 0.3) is 0 Å². The van der Waals surface area contributed by atoms with Crippen molar-refractivity contribution in [2.45, 2.75) is 0 Å². The molecule has 0 aromatic heterocycles. The van der Waals surface area contributed by atoms with Gasteiger partial charge in [0.05, 0.1) is 16.3 Å². The van der Waals surface area contributed by atoms with E-state index in [1.54, 1.807) is 30.3 Å². The van der Waals surface area contributed by atoms with Gasteiger partial charge in [-0.3, -0.25) is 9.59 Å².